The molecular formula is C29H40N2O3. The standard InChI is InChI=1S/C29H40N2O3/c1-20(2)16-28(32)30(5)27(19-23-8-7-9-26(18-23)34-6)24-12-14-31(15-13-24)29(33)25-11-10-21(3)22(4)17-25/h7-11,17-18,20,24,27H,12-16,19H2,1-6H3. The number of ether oxygens (including phenoxy) is 1. The third-order valence-electron chi connectivity index (χ3n) is 7.18. The minimum atomic E-state index is 0.0947. The number of nitrogens with zero attached hydrogens (tertiary/aromatic N) is 2. The number of hydrogen-bond donors (Lipinski definition) is 0. The van der Waals surface area contributed by atoms with E-state index in [-0.39, 0.29) is 17.9 Å². The molecule has 2 aromatic carbocycles. The van der Waals surface area contributed by atoms with Gasteiger partial charge < -0.3 is 14.5 Å². The lowest BCUT2D eigenvalue weighted by Crippen LogP contribution is -2.48. The Bertz CT molecular complexity index is 993. The summed E-state index contributed by atoms with van der Waals surface area (Å²) < 4.78 is 5.42. The largest absolute Gasteiger partial charge is 0.497 e. The number of amides is 2. The van der Waals surface area contributed by atoms with E-state index < -0.39 is 0 Å². The third-order valence-corrected chi connectivity index (χ3v) is 7.18. The van der Waals surface area contributed by atoms with Crippen LogP contribution in [0.15, 0.2) is 42.5 Å². The molecule has 0 aliphatic carbocycles. The molecule has 1 aliphatic rings. The molecule has 0 radical (unpaired) electrons. The molecule has 0 spiro atoms. The number of rotatable bonds is 8. The van der Waals surface area contributed by atoms with Crippen molar-refractivity contribution in [1.29, 1.82) is 0 Å². The zero-order chi connectivity index (χ0) is 24.8. The van der Waals surface area contributed by atoms with E-state index in [0.717, 1.165) is 49.2 Å². The van der Waals surface area contributed by atoms with E-state index in [9.17, 15) is 9.59 Å². The van der Waals surface area contributed by atoms with Crippen molar-refractivity contribution < 1.29 is 14.3 Å². The van der Waals surface area contributed by atoms with Gasteiger partial charge in [0.1, 0.15) is 5.75 Å². The van der Waals surface area contributed by atoms with Gasteiger partial charge in [0.05, 0.1) is 7.11 Å². The predicted molar refractivity (Wildman–Crippen MR) is 137 cm³/mol. The van der Waals surface area contributed by atoms with Crippen molar-refractivity contribution in [2.45, 2.75) is 59.4 Å². The molecule has 5 heteroatoms. The number of carbonyl (C=O) groups excluding carboxylic acids is 2. The quantitative estimate of drug-likeness (QED) is 0.534. The first-order chi connectivity index (χ1) is 16.2. The van der Waals surface area contributed by atoms with Crippen LogP contribution in [0.5, 0.6) is 5.75 Å². The molecule has 1 heterocycles. The molecule has 0 saturated carbocycles. The summed E-state index contributed by atoms with van der Waals surface area (Å²) in [5.41, 5.74) is 4.27. The van der Waals surface area contributed by atoms with E-state index in [1.807, 2.05) is 54.1 Å². The second kappa shape index (κ2) is 11.5. The molecule has 0 N–H and O–H groups in total. The summed E-state index contributed by atoms with van der Waals surface area (Å²) >= 11 is 0. The van der Waals surface area contributed by atoms with Crippen LogP contribution in [0.25, 0.3) is 0 Å². The fourth-order valence-electron chi connectivity index (χ4n) is 4.88. The van der Waals surface area contributed by atoms with E-state index in [1.54, 1.807) is 7.11 Å². The SMILES string of the molecule is COc1cccc(CC(C2CCN(C(=O)c3ccc(C)c(C)c3)CC2)N(C)C(=O)CC(C)C)c1. The highest BCUT2D eigenvalue weighted by Gasteiger charge is 2.33. The maximum Gasteiger partial charge on any atom is 0.253 e. The number of methoxy groups -OCH3 is 1. The summed E-state index contributed by atoms with van der Waals surface area (Å²) in [6, 6.07) is 14.2. The number of hydrogen-bond acceptors (Lipinski definition) is 3. The number of piperidine rings is 1. The molecular weight excluding hydrogens is 424 g/mol. The maximum absolute atomic E-state index is 13.1. The van der Waals surface area contributed by atoms with Gasteiger partial charge in [0.15, 0.2) is 0 Å². The van der Waals surface area contributed by atoms with Crippen molar-refractivity contribution in [1.82, 2.24) is 9.80 Å². The molecule has 1 saturated heterocycles. The average Bonchev–Trinajstić information content (AvgIpc) is 2.83. The summed E-state index contributed by atoms with van der Waals surface area (Å²) in [6.07, 6.45) is 3.12. The Balaban J connectivity index is 1.73. The highest BCUT2D eigenvalue weighted by atomic mass is 16.5. The highest BCUT2D eigenvalue weighted by Crippen LogP contribution is 2.29. The smallest absolute Gasteiger partial charge is 0.253 e. The van der Waals surface area contributed by atoms with Gasteiger partial charge in [-0.2, -0.15) is 0 Å². The van der Waals surface area contributed by atoms with Gasteiger partial charge in [-0.25, -0.2) is 0 Å². The first-order valence-corrected chi connectivity index (χ1v) is 12.4. The zero-order valence-corrected chi connectivity index (χ0v) is 21.6. The lowest BCUT2D eigenvalue weighted by Gasteiger charge is -2.40. The fourth-order valence-corrected chi connectivity index (χ4v) is 4.88. The monoisotopic (exact) mass is 464 g/mol. The average molecular weight is 465 g/mol. The Labute approximate surface area is 205 Å². The first kappa shape index (κ1) is 25.8. The normalized spacial score (nSPS) is 15.3. The van der Waals surface area contributed by atoms with Gasteiger partial charge in [0.25, 0.3) is 5.91 Å². The fraction of sp³-hybridized carbons (Fsp3) is 0.517. The van der Waals surface area contributed by atoms with Crippen LogP contribution in [0.1, 0.15) is 60.2 Å². The van der Waals surface area contributed by atoms with Crippen LogP contribution in [0, 0.1) is 25.7 Å². The Morgan fingerprint density at radius 2 is 1.76 bits per heavy atom. The van der Waals surface area contributed by atoms with Gasteiger partial charge >= 0.3 is 0 Å². The molecule has 1 aliphatic heterocycles. The molecule has 5 nitrogen and oxygen atoms in total. The first-order valence-electron chi connectivity index (χ1n) is 12.4. The molecule has 1 unspecified atom stereocenters. The topological polar surface area (TPSA) is 49.9 Å². The van der Waals surface area contributed by atoms with E-state index in [2.05, 4.69) is 32.9 Å². The summed E-state index contributed by atoms with van der Waals surface area (Å²) in [7, 11) is 3.62. The lowest BCUT2D eigenvalue weighted by atomic mass is 9.84. The summed E-state index contributed by atoms with van der Waals surface area (Å²) in [5, 5.41) is 0. The van der Waals surface area contributed by atoms with Crippen LogP contribution in [0.4, 0.5) is 0 Å². The minimum Gasteiger partial charge on any atom is -0.497 e. The Morgan fingerprint density at radius 3 is 2.38 bits per heavy atom. The molecule has 0 aromatic heterocycles. The van der Waals surface area contributed by atoms with Gasteiger partial charge in [-0.05, 0) is 85.9 Å². The third kappa shape index (κ3) is 6.40. The zero-order valence-electron chi connectivity index (χ0n) is 21.6. The molecule has 1 atom stereocenters. The van der Waals surface area contributed by atoms with Crippen molar-refractivity contribution in [3.05, 3.63) is 64.7 Å². The molecule has 2 aromatic rings. The Morgan fingerprint density at radius 1 is 1.06 bits per heavy atom. The molecule has 3 rings (SSSR count). The summed E-state index contributed by atoms with van der Waals surface area (Å²) in [6.45, 7) is 9.72. The van der Waals surface area contributed by atoms with Crippen LogP contribution in [-0.4, -0.2) is 54.9 Å². The number of likely N-dealkylation sites (tertiary alicyclic amines) is 1. The Kier molecular flexibility index (Phi) is 8.76. The van der Waals surface area contributed by atoms with Crippen molar-refractivity contribution in [3.63, 3.8) is 0 Å². The van der Waals surface area contributed by atoms with E-state index in [0.29, 0.717) is 18.3 Å². The van der Waals surface area contributed by atoms with Crippen LogP contribution in [0.2, 0.25) is 0 Å². The van der Waals surface area contributed by atoms with Gasteiger partial charge in [-0.3, -0.25) is 9.59 Å². The second-order valence-electron chi connectivity index (χ2n) is 10.2. The number of benzene rings is 2. The van der Waals surface area contributed by atoms with Crippen LogP contribution >= 0.6 is 0 Å². The summed E-state index contributed by atoms with van der Waals surface area (Å²) in [4.78, 5) is 30.1. The van der Waals surface area contributed by atoms with Crippen molar-refractivity contribution in [2.75, 3.05) is 27.2 Å². The number of likely N-dealkylation sites (N-methyl/N-ethyl adjacent to an activating group) is 1. The highest BCUT2D eigenvalue weighted by molar-refractivity contribution is 5.94. The van der Waals surface area contributed by atoms with E-state index in [4.69, 9.17) is 4.74 Å². The molecule has 184 valence electrons. The van der Waals surface area contributed by atoms with Gasteiger partial charge in [-0.15, -0.1) is 0 Å². The van der Waals surface area contributed by atoms with Gasteiger partial charge in [0.2, 0.25) is 5.91 Å². The molecule has 2 amide bonds. The lowest BCUT2D eigenvalue weighted by molar-refractivity contribution is -0.134. The van der Waals surface area contributed by atoms with Crippen molar-refractivity contribution >= 4 is 11.8 Å². The second-order valence-corrected chi connectivity index (χ2v) is 10.2. The minimum absolute atomic E-state index is 0.0947. The van der Waals surface area contributed by atoms with E-state index in [1.165, 1.54) is 11.1 Å². The molecule has 34 heavy (non-hydrogen) atoms. The summed E-state index contributed by atoms with van der Waals surface area (Å²) in [5.74, 6) is 1.80. The molecule has 0 bridgehead atoms. The van der Waals surface area contributed by atoms with Crippen LogP contribution < -0.4 is 4.74 Å². The Hall–Kier alpha value is -2.82. The van der Waals surface area contributed by atoms with Crippen LogP contribution in [0.3, 0.4) is 0 Å². The van der Waals surface area contributed by atoms with E-state index >= 15 is 0 Å². The number of aryl methyl sites for hydroxylation is 2. The van der Waals surface area contributed by atoms with Gasteiger partial charge in [0, 0.05) is 38.2 Å². The molecule has 1 fully saturated rings. The van der Waals surface area contributed by atoms with Crippen LogP contribution in [-0.2, 0) is 11.2 Å². The predicted octanol–water partition coefficient (Wildman–Crippen LogP) is 5.28. The number of carbonyl (C=O) groups is 2. The van der Waals surface area contributed by atoms with Crippen molar-refractivity contribution in [2.24, 2.45) is 11.8 Å². The van der Waals surface area contributed by atoms with Gasteiger partial charge in [-0.1, -0.05) is 32.0 Å². The van der Waals surface area contributed by atoms with Crippen molar-refractivity contribution in [3.8, 4) is 5.75 Å². The maximum atomic E-state index is 13.1.